The summed E-state index contributed by atoms with van der Waals surface area (Å²) in [6, 6.07) is 4.41. The van der Waals surface area contributed by atoms with E-state index in [9.17, 15) is 12.8 Å². The number of hydrogen-bond acceptors (Lipinski definition) is 3. The number of nitrogens with two attached hydrogens (primary N) is 1. The second kappa shape index (κ2) is 6.12. The van der Waals surface area contributed by atoms with Crippen LogP contribution in [0.4, 0.5) is 4.39 Å². The summed E-state index contributed by atoms with van der Waals surface area (Å²) in [4.78, 5) is 0.0335. The average molecular weight is 287 g/mol. The van der Waals surface area contributed by atoms with Crippen molar-refractivity contribution >= 4 is 15.9 Å². The molecule has 0 bridgehead atoms. The molecule has 1 aromatic rings. The Morgan fingerprint density at radius 2 is 1.89 bits per heavy atom. The fourth-order valence-corrected chi connectivity index (χ4v) is 3.27. The van der Waals surface area contributed by atoms with Gasteiger partial charge in [-0.1, -0.05) is 0 Å². The zero-order chi connectivity index (χ0) is 14.6. The molecule has 0 atom stereocenters. The van der Waals surface area contributed by atoms with E-state index in [0.29, 0.717) is 0 Å². The van der Waals surface area contributed by atoms with Gasteiger partial charge in [-0.15, -0.1) is 0 Å². The lowest BCUT2D eigenvalue weighted by Gasteiger charge is -2.25. The zero-order valence-corrected chi connectivity index (χ0v) is 11.7. The molecule has 0 saturated heterocycles. The summed E-state index contributed by atoms with van der Waals surface area (Å²) in [5.74, 6) is -0.557. The van der Waals surface area contributed by atoms with Crippen LogP contribution in [0.5, 0.6) is 0 Å². The molecule has 5 nitrogen and oxygen atoms in total. The first-order chi connectivity index (χ1) is 8.75. The Kier molecular flexibility index (Phi) is 5.02. The summed E-state index contributed by atoms with van der Waals surface area (Å²) in [6.45, 7) is 3.61. The summed E-state index contributed by atoms with van der Waals surface area (Å²) < 4.78 is 38.9. The Hall–Kier alpha value is -1.47. The van der Waals surface area contributed by atoms with E-state index in [1.807, 2.05) is 0 Å². The highest BCUT2D eigenvalue weighted by molar-refractivity contribution is 7.89. The van der Waals surface area contributed by atoms with E-state index in [-0.39, 0.29) is 29.7 Å². The van der Waals surface area contributed by atoms with Gasteiger partial charge in [-0.2, -0.15) is 4.31 Å². The van der Waals surface area contributed by atoms with Crippen LogP contribution in [-0.4, -0.2) is 31.1 Å². The van der Waals surface area contributed by atoms with Gasteiger partial charge in [0, 0.05) is 19.0 Å². The standard InChI is InChI=1S/C12H18FN3O2S/c1-9(2)16(8-7-12(14)15)19(17,18)11-5-3-10(13)4-6-11/h3-6,9H,7-8H2,1-2H3,(H3,14,15). The Morgan fingerprint density at radius 1 is 1.37 bits per heavy atom. The Morgan fingerprint density at radius 3 is 2.32 bits per heavy atom. The molecule has 0 aliphatic carbocycles. The Balaban J connectivity index is 3.05. The number of rotatable bonds is 6. The summed E-state index contributed by atoms with van der Waals surface area (Å²) in [7, 11) is -3.70. The van der Waals surface area contributed by atoms with Crippen LogP contribution in [0.2, 0.25) is 0 Å². The predicted octanol–water partition coefficient (Wildman–Crippen LogP) is 1.55. The molecule has 0 spiro atoms. The highest BCUT2D eigenvalue weighted by Gasteiger charge is 2.26. The highest BCUT2D eigenvalue weighted by Crippen LogP contribution is 2.18. The van der Waals surface area contributed by atoms with Crippen molar-refractivity contribution in [3.05, 3.63) is 30.1 Å². The average Bonchev–Trinajstić information content (AvgIpc) is 2.28. The van der Waals surface area contributed by atoms with Gasteiger partial charge >= 0.3 is 0 Å². The molecule has 19 heavy (non-hydrogen) atoms. The van der Waals surface area contributed by atoms with Crippen LogP contribution in [0.1, 0.15) is 20.3 Å². The first-order valence-corrected chi connectivity index (χ1v) is 7.29. The van der Waals surface area contributed by atoms with Gasteiger partial charge in [0.2, 0.25) is 10.0 Å². The number of amidine groups is 1. The van der Waals surface area contributed by atoms with Crippen molar-refractivity contribution in [3.8, 4) is 0 Å². The first kappa shape index (κ1) is 15.6. The van der Waals surface area contributed by atoms with E-state index in [0.717, 1.165) is 12.1 Å². The van der Waals surface area contributed by atoms with Crippen molar-refractivity contribution in [1.29, 1.82) is 5.41 Å². The third-order valence-electron chi connectivity index (χ3n) is 2.60. The smallest absolute Gasteiger partial charge is 0.243 e. The lowest BCUT2D eigenvalue weighted by Crippen LogP contribution is -2.39. The maximum absolute atomic E-state index is 12.8. The van der Waals surface area contributed by atoms with Gasteiger partial charge in [0.1, 0.15) is 5.82 Å². The normalized spacial score (nSPS) is 12.1. The molecule has 0 aromatic heterocycles. The summed E-state index contributed by atoms with van der Waals surface area (Å²) in [5.41, 5.74) is 5.25. The second-order valence-electron chi connectivity index (χ2n) is 4.44. The van der Waals surface area contributed by atoms with E-state index in [1.54, 1.807) is 13.8 Å². The molecule has 0 saturated carbocycles. The topological polar surface area (TPSA) is 87.2 Å². The molecule has 0 aliphatic rings. The van der Waals surface area contributed by atoms with Gasteiger partial charge in [-0.05, 0) is 38.1 Å². The molecule has 106 valence electrons. The van der Waals surface area contributed by atoms with Crippen LogP contribution in [0.15, 0.2) is 29.2 Å². The molecule has 0 unspecified atom stereocenters. The van der Waals surface area contributed by atoms with Gasteiger partial charge in [-0.25, -0.2) is 12.8 Å². The fourth-order valence-electron chi connectivity index (χ4n) is 1.63. The summed E-state index contributed by atoms with van der Waals surface area (Å²) in [6.07, 6.45) is 0.165. The first-order valence-electron chi connectivity index (χ1n) is 5.85. The van der Waals surface area contributed by atoms with Crippen molar-refractivity contribution in [2.24, 2.45) is 5.73 Å². The minimum atomic E-state index is -3.70. The molecule has 0 radical (unpaired) electrons. The maximum atomic E-state index is 12.8. The van der Waals surface area contributed by atoms with Crippen molar-refractivity contribution in [2.45, 2.75) is 31.2 Å². The quantitative estimate of drug-likeness (QED) is 0.614. The van der Waals surface area contributed by atoms with Crippen molar-refractivity contribution < 1.29 is 12.8 Å². The predicted molar refractivity (Wildman–Crippen MR) is 72.0 cm³/mol. The van der Waals surface area contributed by atoms with E-state index >= 15 is 0 Å². The van der Waals surface area contributed by atoms with Crippen LogP contribution in [-0.2, 0) is 10.0 Å². The molecule has 0 fully saturated rings. The van der Waals surface area contributed by atoms with Crippen molar-refractivity contribution in [2.75, 3.05) is 6.54 Å². The largest absolute Gasteiger partial charge is 0.388 e. The third kappa shape index (κ3) is 4.00. The molecule has 0 amide bonds. The molecular weight excluding hydrogens is 269 g/mol. The number of sulfonamides is 1. The van der Waals surface area contributed by atoms with E-state index in [1.165, 1.54) is 16.4 Å². The van der Waals surface area contributed by atoms with Crippen LogP contribution in [0.3, 0.4) is 0 Å². The van der Waals surface area contributed by atoms with Crippen LogP contribution in [0, 0.1) is 11.2 Å². The summed E-state index contributed by atoms with van der Waals surface area (Å²) >= 11 is 0. The van der Waals surface area contributed by atoms with E-state index in [2.05, 4.69) is 0 Å². The zero-order valence-electron chi connectivity index (χ0n) is 10.9. The minimum absolute atomic E-state index is 0.0335. The molecular formula is C12H18FN3O2S. The number of nitrogens with zero attached hydrogens (tertiary/aromatic N) is 1. The Labute approximate surface area is 112 Å². The molecule has 0 aliphatic heterocycles. The number of nitrogens with one attached hydrogen (secondary N) is 1. The lowest BCUT2D eigenvalue weighted by molar-refractivity contribution is 0.361. The minimum Gasteiger partial charge on any atom is -0.388 e. The molecule has 3 N–H and O–H groups in total. The summed E-state index contributed by atoms with van der Waals surface area (Å²) in [5, 5.41) is 7.17. The van der Waals surface area contributed by atoms with Gasteiger partial charge in [0.05, 0.1) is 10.7 Å². The van der Waals surface area contributed by atoms with Gasteiger partial charge < -0.3 is 5.73 Å². The number of hydrogen-bond donors (Lipinski definition) is 2. The van der Waals surface area contributed by atoms with Gasteiger partial charge in [-0.3, -0.25) is 5.41 Å². The van der Waals surface area contributed by atoms with Crippen molar-refractivity contribution in [1.82, 2.24) is 4.31 Å². The monoisotopic (exact) mass is 287 g/mol. The van der Waals surface area contributed by atoms with E-state index in [4.69, 9.17) is 11.1 Å². The highest BCUT2D eigenvalue weighted by atomic mass is 32.2. The fraction of sp³-hybridized carbons (Fsp3) is 0.417. The van der Waals surface area contributed by atoms with Gasteiger partial charge in [0.25, 0.3) is 0 Å². The van der Waals surface area contributed by atoms with Crippen LogP contribution >= 0.6 is 0 Å². The van der Waals surface area contributed by atoms with E-state index < -0.39 is 15.8 Å². The van der Waals surface area contributed by atoms with Crippen molar-refractivity contribution in [3.63, 3.8) is 0 Å². The van der Waals surface area contributed by atoms with Crippen LogP contribution in [0.25, 0.3) is 0 Å². The number of benzene rings is 1. The molecule has 0 heterocycles. The second-order valence-corrected chi connectivity index (χ2v) is 6.33. The maximum Gasteiger partial charge on any atom is 0.243 e. The number of halogens is 1. The Bertz CT molecular complexity index is 541. The SMILES string of the molecule is CC(C)N(CCC(=N)N)S(=O)(=O)c1ccc(F)cc1. The van der Waals surface area contributed by atoms with Crippen LogP contribution < -0.4 is 5.73 Å². The van der Waals surface area contributed by atoms with Gasteiger partial charge in [0.15, 0.2) is 0 Å². The molecule has 1 aromatic carbocycles. The molecule has 7 heteroatoms. The third-order valence-corrected chi connectivity index (χ3v) is 4.69. The molecule has 1 rings (SSSR count). The lowest BCUT2D eigenvalue weighted by atomic mass is 10.3.